The molecule has 80 heavy (non-hydrogen) atoms. The van der Waals surface area contributed by atoms with Crippen molar-refractivity contribution < 1.29 is 73.2 Å². The normalized spacial score (nSPS) is 23.1. The van der Waals surface area contributed by atoms with Crippen molar-refractivity contribution in [3.8, 4) is 22.3 Å². The molecule has 10 rings (SSSR count). The molecule has 0 aliphatic carbocycles. The van der Waals surface area contributed by atoms with Gasteiger partial charge in [0.05, 0.1) is 52.6 Å². The fourth-order valence-corrected chi connectivity index (χ4v) is 10.9. The number of β-amino-alcohol motifs (C(OH)–C–C–N with tert-alkyl or cyclic N) is 2. The Morgan fingerprint density at radius 1 is 0.550 bits per heavy atom. The molecule has 4 atom stereocenters. The number of morpholine rings is 2. The van der Waals surface area contributed by atoms with E-state index in [-0.39, 0.29) is 39.3 Å². The number of pyridine rings is 2. The number of amides is 4. The number of aryl methyl sites for hydroxylation is 2. The van der Waals surface area contributed by atoms with E-state index in [1.165, 1.54) is 19.6 Å². The highest BCUT2D eigenvalue weighted by Crippen LogP contribution is 2.40. The molecule has 0 spiro atoms. The van der Waals surface area contributed by atoms with Crippen LogP contribution in [0.2, 0.25) is 0 Å². The number of rotatable bonds is 10. The smallest absolute Gasteiger partial charge is 0.385 e. The highest BCUT2D eigenvalue weighted by molar-refractivity contribution is 5.92. The number of carbonyl (C=O) groups is 2. The van der Waals surface area contributed by atoms with Crippen LogP contribution < -0.4 is 30.2 Å². The molecule has 0 saturated carbocycles. The zero-order valence-electron chi connectivity index (χ0n) is 44.1. The predicted molar refractivity (Wildman–Crippen MR) is 280 cm³/mol. The molecule has 6 aliphatic rings. The highest BCUT2D eigenvalue weighted by atomic mass is 19.4. The van der Waals surface area contributed by atoms with Crippen LogP contribution in [0.5, 0.6) is 0 Å². The van der Waals surface area contributed by atoms with Crippen LogP contribution in [-0.4, -0.2) is 183 Å². The predicted octanol–water partition coefficient (Wildman–Crippen LogP) is 9.03. The number of halogens is 10. The van der Waals surface area contributed by atoms with E-state index in [1.54, 1.807) is 36.4 Å². The molecule has 16 nitrogen and oxygen atoms in total. The van der Waals surface area contributed by atoms with Crippen LogP contribution in [-0.2, 0) is 9.47 Å². The van der Waals surface area contributed by atoms with Crippen LogP contribution in [0.25, 0.3) is 22.3 Å². The van der Waals surface area contributed by atoms with Gasteiger partial charge in [-0.05, 0) is 120 Å². The van der Waals surface area contributed by atoms with Gasteiger partial charge >= 0.3 is 24.4 Å². The van der Waals surface area contributed by atoms with Crippen molar-refractivity contribution in [1.82, 2.24) is 19.8 Å². The molecule has 436 valence electrons. The van der Waals surface area contributed by atoms with Crippen LogP contribution in [0.3, 0.4) is 0 Å². The van der Waals surface area contributed by atoms with Crippen molar-refractivity contribution in [3.05, 3.63) is 71.8 Å². The van der Waals surface area contributed by atoms with E-state index in [1.807, 2.05) is 47.9 Å². The number of nitrogens with one attached hydrogen (secondary N) is 2. The van der Waals surface area contributed by atoms with Crippen LogP contribution in [0.15, 0.2) is 60.7 Å². The summed E-state index contributed by atoms with van der Waals surface area (Å²) in [5, 5.41) is 25.3. The van der Waals surface area contributed by atoms with E-state index in [0.29, 0.717) is 111 Å². The largest absolute Gasteiger partial charge is 0.389 e. The number of carbonyl (C=O) groups excluding carboxylic acids is 2. The second-order valence-electron chi connectivity index (χ2n) is 21.4. The first-order chi connectivity index (χ1) is 37.8. The van der Waals surface area contributed by atoms with Crippen LogP contribution in [0, 0.1) is 25.7 Å². The van der Waals surface area contributed by atoms with Gasteiger partial charge in [-0.1, -0.05) is 12.1 Å². The molecule has 4 aromatic rings. The van der Waals surface area contributed by atoms with E-state index < -0.39 is 86.2 Å². The average Bonchev–Trinajstić information content (AvgIpc) is 4.20. The van der Waals surface area contributed by atoms with Crippen molar-refractivity contribution in [2.24, 2.45) is 11.8 Å². The number of nitrogens with zero attached hydrogens (tertiary/aromatic N) is 8. The molecular formula is C54H64F10N10O6. The minimum absolute atomic E-state index is 0.0347. The average molecular weight is 1140 g/mol. The van der Waals surface area contributed by atoms with Gasteiger partial charge in [0.15, 0.2) is 0 Å². The Hall–Kier alpha value is -6.38. The van der Waals surface area contributed by atoms with Crippen LogP contribution in [0.4, 0.5) is 88.1 Å². The van der Waals surface area contributed by atoms with Gasteiger partial charge in [-0.2, -0.15) is 26.3 Å². The number of urea groups is 2. The molecule has 2 aromatic carbocycles. The van der Waals surface area contributed by atoms with Crippen molar-refractivity contribution in [3.63, 3.8) is 0 Å². The maximum absolute atomic E-state index is 14.2. The fraction of sp³-hybridized carbons (Fsp3) is 0.556. The summed E-state index contributed by atoms with van der Waals surface area (Å²) in [5.41, 5.74) is 5.49. The number of hydrogen-bond donors (Lipinski definition) is 4. The van der Waals surface area contributed by atoms with Gasteiger partial charge in [0.1, 0.15) is 35.5 Å². The number of benzene rings is 2. The standard InChI is InChI=1S/2C27H32F5N5O3/c2*1-17-2-3-20(33-25(39)36-5-4-18(14-36)13-27(30,31)32)12-21(17)19-10-23(35-6-8-40-9-7-35)34-24(11-19)37-15-22(38)26(28,29)16-37/h2*2-3,10-12,18,22,38H,4-9,13-16H2,1H3,(H,33,39)/t18-,22+;18-,22-/m00/s1. The third-order valence-electron chi connectivity index (χ3n) is 15.3. The van der Waals surface area contributed by atoms with E-state index in [4.69, 9.17) is 9.47 Å². The summed E-state index contributed by atoms with van der Waals surface area (Å²) in [6.07, 6.45) is -13.4. The third kappa shape index (κ3) is 14.4. The number of aliphatic hydroxyl groups excluding tert-OH is 2. The Kier molecular flexibility index (Phi) is 17.2. The quantitative estimate of drug-likeness (QED) is 0.112. The molecule has 6 aliphatic heterocycles. The van der Waals surface area contributed by atoms with Crippen molar-refractivity contribution in [2.75, 3.05) is 135 Å². The number of aliphatic hydroxyl groups is 2. The van der Waals surface area contributed by atoms with Gasteiger partial charge in [-0.3, -0.25) is 0 Å². The van der Waals surface area contributed by atoms with Gasteiger partial charge in [0.25, 0.3) is 11.8 Å². The highest BCUT2D eigenvalue weighted by Gasteiger charge is 2.49. The summed E-state index contributed by atoms with van der Waals surface area (Å²) in [5.74, 6) is -5.98. The molecule has 4 amide bonds. The minimum atomic E-state index is -4.27. The monoisotopic (exact) mass is 1140 g/mol. The lowest BCUT2D eigenvalue weighted by atomic mass is 10.00. The third-order valence-corrected chi connectivity index (χ3v) is 15.3. The van der Waals surface area contributed by atoms with Gasteiger partial charge in [-0.15, -0.1) is 0 Å². The molecule has 4 N–H and O–H groups in total. The number of anilines is 6. The maximum Gasteiger partial charge on any atom is 0.389 e. The van der Waals surface area contributed by atoms with Gasteiger partial charge in [0.2, 0.25) is 0 Å². The number of aromatic nitrogens is 2. The Bertz CT molecular complexity index is 2660. The Labute approximate surface area is 455 Å². The summed E-state index contributed by atoms with van der Waals surface area (Å²) in [6.45, 7) is 6.81. The second kappa shape index (κ2) is 23.6. The first kappa shape index (κ1) is 58.3. The maximum atomic E-state index is 14.2. The molecule has 0 bridgehead atoms. The lowest BCUT2D eigenvalue weighted by Gasteiger charge is -2.29. The van der Waals surface area contributed by atoms with E-state index in [9.17, 15) is 63.7 Å². The van der Waals surface area contributed by atoms with Crippen LogP contribution in [0.1, 0.15) is 36.8 Å². The topological polar surface area (TPSA) is 162 Å². The molecule has 0 unspecified atom stereocenters. The first-order valence-corrected chi connectivity index (χ1v) is 26.5. The number of alkyl halides is 10. The Balaban J connectivity index is 0.000000194. The Morgan fingerprint density at radius 2 is 0.900 bits per heavy atom. The summed E-state index contributed by atoms with van der Waals surface area (Å²) in [4.78, 5) is 44.5. The summed E-state index contributed by atoms with van der Waals surface area (Å²) >= 11 is 0. The fourth-order valence-electron chi connectivity index (χ4n) is 10.9. The van der Waals surface area contributed by atoms with Crippen molar-refractivity contribution >= 4 is 46.7 Å². The minimum Gasteiger partial charge on any atom is -0.385 e. The molecule has 6 saturated heterocycles. The number of likely N-dealkylation sites (tertiary alicyclic amines) is 2. The van der Waals surface area contributed by atoms with E-state index in [2.05, 4.69) is 20.6 Å². The lowest BCUT2D eigenvalue weighted by molar-refractivity contribution is -0.144. The summed E-state index contributed by atoms with van der Waals surface area (Å²) < 4.78 is 144. The van der Waals surface area contributed by atoms with Crippen molar-refractivity contribution in [2.45, 2.75) is 75.9 Å². The number of ether oxygens (including phenoxy) is 2. The summed E-state index contributed by atoms with van der Waals surface area (Å²) in [7, 11) is 0. The van der Waals surface area contributed by atoms with Crippen molar-refractivity contribution in [1.29, 1.82) is 0 Å². The molecule has 0 radical (unpaired) electrons. The lowest BCUT2D eigenvalue weighted by Crippen LogP contribution is -2.37. The van der Waals surface area contributed by atoms with E-state index in [0.717, 1.165) is 22.3 Å². The zero-order valence-corrected chi connectivity index (χ0v) is 44.1. The van der Waals surface area contributed by atoms with Gasteiger partial charge in [0, 0.05) is 76.6 Å². The van der Waals surface area contributed by atoms with Gasteiger partial charge < -0.3 is 59.7 Å². The summed E-state index contributed by atoms with van der Waals surface area (Å²) in [6, 6.07) is 16.7. The molecule has 8 heterocycles. The van der Waals surface area contributed by atoms with Gasteiger partial charge in [-0.25, -0.2) is 37.1 Å². The second-order valence-corrected chi connectivity index (χ2v) is 21.4. The number of hydrogen-bond acceptors (Lipinski definition) is 12. The van der Waals surface area contributed by atoms with E-state index >= 15 is 0 Å². The Morgan fingerprint density at radius 3 is 1.23 bits per heavy atom. The SMILES string of the molecule is Cc1ccc(NC(=O)N2CC[C@@H](CC(F)(F)F)C2)cc1-c1cc(N2CCOCC2)nc(N2C[C@@H](O)C(F)(F)C2)c1.Cc1ccc(NC(=O)N2CC[C@@H](CC(F)(F)F)C2)cc1-c1cc(N2CCOCC2)nc(N2C[C@H](O)C(F)(F)C2)c1. The molecule has 6 fully saturated rings. The molecule has 26 heteroatoms. The first-order valence-electron chi connectivity index (χ1n) is 26.5. The zero-order chi connectivity index (χ0) is 57.3. The molecule has 2 aromatic heterocycles. The molecular weight excluding hydrogens is 1070 g/mol. The van der Waals surface area contributed by atoms with Crippen LogP contribution >= 0.6 is 0 Å².